The molecular weight excluding hydrogens is 447 g/mol. The highest BCUT2D eigenvalue weighted by Crippen LogP contribution is 2.38. The summed E-state index contributed by atoms with van der Waals surface area (Å²) in [7, 11) is 0. The van der Waals surface area contributed by atoms with E-state index in [4.69, 9.17) is 44.3 Å². The number of carbonyl (C=O) groups excluding carboxylic acids is 2. The summed E-state index contributed by atoms with van der Waals surface area (Å²) in [5.74, 6) is -1.30. The molecule has 0 aromatic heterocycles. The van der Waals surface area contributed by atoms with Gasteiger partial charge in [0.15, 0.2) is 11.2 Å². The lowest BCUT2D eigenvalue weighted by atomic mass is 9.82. The Morgan fingerprint density at radius 3 is 1.80 bits per heavy atom. The topological polar surface area (TPSA) is 52.6 Å². The first-order valence-corrected chi connectivity index (χ1v) is 12.0. The minimum Gasteiger partial charge on any atom is -0.465 e. The predicted octanol–water partition coefficient (Wildman–Crippen LogP) is 8.04. The van der Waals surface area contributed by atoms with Crippen molar-refractivity contribution < 1.29 is 19.1 Å². The van der Waals surface area contributed by atoms with Crippen molar-refractivity contribution in [2.24, 2.45) is 5.41 Å². The van der Waals surface area contributed by atoms with Crippen LogP contribution in [-0.2, 0) is 14.3 Å². The normalized spacial score (nSPS) is 11.4. The molecule has 7 heteroatoms. The van der Waals surface area contributed by atoms with Gasteiger partial charge in [-0.05, 0) is 31.4 Å². The van der Waals surface area contributed by atoms with Crippen LogP contribution in [0.4, 0.5) is 0 Å². The average Bonchev–Trinajstić information content (AvgIpc) is 2.70. The highest BCUT2D eigenvalue weighted by molar-refractivity contribution is 6.40. The van der Waals surface area contributed by atoms with Crippen molar-refractivity contribution >= 4 is 46.7 Å². The van der Waals surface area contributed by atoms with Gasteiger partial charge in [-0.25, -0.2) is 0 Å². The lowest BCUT2D eigenvalue weighted by molar-refractivity contribution is -0.168. The molecule has 0 N–H and O–H groups in total. The highest BCUT2D eigenvalue weighted by Gasteiger charge is 2.46. The van der Waals surface area contributed by atoms with Gasteiger partial charge in [0, 0.05) is 5.02 Å². The molecule has 4 nitrogen and oxygen atoms in total. The average molecular weight is 480 g/mol. The quantitative estimate of drug-likeness (QED) is 0.117. The molecule has 1 aromatic carbocycles. The van der Waals surface area contributed by atoms with E-state index in [1.807, 2.05) is 0 Å². The number of rotatable bonds is 14. The number of ether oxygens (including phenoxy) is 2. The van der Waals surface area contributed by atoms with Crippen LogP contribution >= 0.6 is 34.8 Å². The number of carbonyl (C=O) groups is 2. The molecule has 0 fully saturated rings. The second-order valence-corrected chi connectivity index (χ2v) is 8.74. The van der Waals surface area contributed by atoms with Crippen molar-refractivity contribution in [3.8, 4) is 5.75 Å². The molecule has 30 heavy (non-hydrogen) atoms. The van der Waals surface area contributed by atoms with Gasteiger partial charge in [0.2, 0.25) is 0 Å². The summed E-state index contributed by atoms with van der Waals surface area (Å²) >= 11 is 18.1. The molecule has 0 bridgehead atoms. The van der Waals surface area contributed by atoms with Gasteiger partial charge < -0.3 is 9.47 Å². The molecule has 170 valence electrons. The van der Waals surface area contributed by atoms with Crippen molar-refractivity contribution in [1.82, 2.24) is 0 Å². The van der Waals surface area contributed by atoms with E-state index >= 15 is 0 Å². The summed E-state index contributed by atoms with van der Waals surface area (Å²) in [5, 5.41) is 0.537. The minimum atomic E-state index is -1.40. The summed E-state index contributed by atoms with van der Waals surface area (Å²) in [4.78, 5) is 25.7. The Kier molecular flexibility index (Phi) is 12.8. The van der Waals surface area contributed by atoms with Gasteiger partial charge in [0.25, 0.3) is 0 Å². The molecule has 0 aliphatic heterocycles. The minimum absolute atomic E-state index is 0.00474. The smallest absolute Gasteiger partial charge is 0.328 e. The Hall–Kier alpha value is -0.970. The third-order valence-corrected chi connectivity index (χ3v) is 6.16. The van der Waals surface area contributed by atoms with Gasteiger partial charge in [0.1, 0.15) is 0 Å². The van der Waals surface area contributed by atoms with Crippen LogP contribution in [0.2, 0.25) is 15.1 Å². The zero-order valence-corrected chi connectivity index (χ0v) is 20.5. The van der Waals surface area contributed by atoms with Crippen LogP contribution in [0.1, 0.15) is 85.0 Å². The molecule has 0 unspecified atom stereocenters. The van der Waals surface area contributed by atoms with Crippen LogP contribution in [-0.4, -0.2) is 18.5 Å². The SMILES string of the molecule is CCCCCCCCCCOC(=O)C(CC)(CC)C(=O)Oc1c(Cl)cc(Cl)cc1Cl. The maximum Gasteiger partial charge on any atom is 0.328 e. The number of hydrogen-bond donors (Lipinski definition) is 0. The molecule has 0 aliphatic carbocycles. The molecular formula is C23H33Cl3O4. The van der Waals surface area contributed by atoms with Crippen LogP contribution in [0.25, 0.3) is 0 Å². The molecule has 0 saturated heterocycles. The number of halogens is 3. The number of benzene rings is 1. The largest absolute Gasteiger partial charge is 0.465 e. The summed E-state index contributed by atoms with van der Waals surface area (Å²) < 4.78 is 10.9. The van der Waals surface area contributed by atoms with Gasteiger partial charge in [-0.15, -0.1) is 0 Å². The Labute approximate surface area is 195 Å². The lowest BCUT2D eigenvalue weighted by Crippen LogP contribution is -2.42. The van der Waals surface area contributed by atoms with E-state index in [0.29, 0.717) is 11.6 Å². The third kappa shape index (κ3) is 7.94. The molecule has 0 amide bonds. The van der Waals surface area contributed by atoms with E-state index in [9.17, 15) is 9.59 Å². The fourth-order valence-corrected chi connectivity index (χ4v) is 4.16. The molecule has 1 aromatic rings. The third-order valence-electron chi connectivity index (χ3n) is 5.38. The van der Waals surface area contributed by atoms with Crippen LogP contribution in [0.15, 0.2) is 12.1 Å². The van der Waals surface area contributed by atoms with E-state index in [1.165, 1.54) is 44.2 Å². The Morgan fingerprint density at radius 1 is 0.800 bits per heavy atom. The molecule has 0 aliphatic rings. The maximum absolute atomic E-state index is 12.9. The van der Waals surface area contributed by atoms with Crippen molar-refractivity contribution in [3.05, 3.63) is 27.2 Å². The Balaban J connectivity index is 2.61. The van der Waals surface area contributed by atoms with Gasteiger partial charge in [-0.2, -0.15) is 0 Å². The van der Waals surface area contributed by atoms with E-state index in [-0.39, 0.29) is 28.6 Å². The molecule has 1 rings (SSSR count). The van der Waals surface area contributed by atoms with E-state index in [0.717, 1.165) is 19.3 Å². The first-order chi connectivity index (χ1) is 14.3. The van der Waals surface area contributed by atoms with Gasteiger partial charge in [-0.3, -0.25) is 9.59 Å². The van der Waals surface area contributed by atoms with E-state index < -0.39 is 17.4 Å². The molecule has 0 heterocycles. The van der Waals surface area contributed by atoms with Crippen molar-refractivity contribution in [2.45, 2.75) is 85.0 Å². The van der Waals surface area contributed by atoms with Gasteiger partial charge >= 0.3 is 11.9 Å². The second-order valence-electron chi connectivity index (χ2n) is 7.49. The lowest BCUT2D eigenvalue weighted by Gasteiger charge is -2.27. The Morgan fingerprint density at radius 2 is 1.30 bits per heavy atom. The van der Waals surface area contributed by atoms with Crippen LogP contribution < -0.4 is 4.74 Å². The Bertz CT molecular complexity index is 664. The van der Waals surface area contributed by atoms with Crippen LogP contribution in [0, 0.1) is 5.41 Å². The van der Waals surface area contributed by atoms with E-state index in [2.05, 4.69) is 6.92 Å². The van der Waals surface area contributed by atoms with Crippen LogP contribution in [0.3, 0.4) is 0 Å². The van der Waals surface area contributed by atoms with Crippen LogP contribution in [0.5, 0.6) is 5.75 Å². The fourth-order valence-electron chi connectivity index (χ4n) is 3.27. The van der Waals surface area contributed by atoms with Gasteiger partial charge in [0.05, 0.1) is 16.7 Å². The van der Waals surface area contributed by atoms with Crippen molar-refractivity contribution in [1.29, 1.82) is 0 Å². The number of unbranched alkanes of at least 4 members (excludes halogenated alkanes) is 7. The molecule has 0 atom stereocenters. The summed E-state index contributed by atoms with van der Waals surface area (Å²) in [6.45, 7) is 6.02. The first kappa shape index (κ1) is 27.1. The summed E-state index contributed by atoms with van der Waals surface area (Å²) in [6.07, 6.45) is 9.69. The number of esters is 2. The monoisotopic (exact) mass is 478 g/mol. The molecule has 0 spiro atoms. The number of hydrogen-bond acceptors (Lipinski definition) is 4. The molecule has 0 radical (unpaired) electrons. The van der Waals surface area contributed by atoms with Gasteiger partial charge in [-0.1, -0.05) is 101 Å². The summed E-state index contributed by atoms with van der Waals surface area (Å²) in [6, 6.07) is 2.86. The molecule has 0 saturated carbocycles. The second kappa shape index (κ2) is 14.2. The zero-order chi connectivity index (χ0) is 22.6. The van der Waals surface area contributed by atoms with Crippen molar-refractivity contribution in [3.63, 3.8) is 0 Å². The standard InChI is InChI=1S/C23H33Cl3O4/c1-4-7-8-9-10-11-12-13-14-29-21(27)23(5-2,6-3)22(28)30-20-18(25)15-17(24)16-19(20)26/h15-16H,4-14H2,1-3H3. The van der Waals surface area contributed by atoms with E-state index in [1.54, 1.807) is 13.8 Å². The summed E-state index contributed by atoms with van der Waals surface area (Å²) in [5.41, 5.74) is -1.40. The van der Waals surface area contributed by atoms with Crippen molar-refractivity contribution in [2.75, 3.05) is 6.61 Å². The first-order valence-electron chi connectivity index (χ1n) is 10.9. The highest BCUT2D eigenvalue weighted by atomic mass is 35.5. The maximum atomic E-state index is 12.9. The zero-order valence-electron chi connectivity index (χ0n) is 18.2. The predicted molar refractivity (Wildman–Crippen MR) is 124 cm³/mol. The fraction of sp³-hybridized carbons (Fsp3) is 0.652.